The number of amides is 3. The van der Waals surface area contributed by atoms with Gasteiger partial charge in [0.2, 0.25) is 5.95 Å². The van der Waals surface area contributed by atoms with Crippen LogP contribution in [0.3, 0.4) is 0 Å². The average molecular weight is 671 g/mol. The molecule has 50 heavy (non-hydrogen) atoms. The minimum absolute atomic E-state index is 0.0150. The summed E-state index contributed by atoms with van der Waals surface area (Å²) in [5, 5.41) is 14.0. The largest absolute Gasteiger partial charge is 0.339 e. The number of benzene rings is 3. The van der Waals surface area contributed by atoms with Gasteiger partial charge in [-0.25, -0.2) is 19.4 Å². The maximum absolute atomic E-state index is 13.6. The Morgan fingerprint density at radius 3 is 2.14 bits per heavy atom. The molecule has 258 valence electrons. The molecular weight excluding hydrogens is 624 g/mol. The molecule has 1 aliphatic rings. The molecular formula is C40H46N8O2. The number of likely N-dealkylation sites (tertiary alicyclic amines) is 1. The molecule has 0 unspecified atom stereocenters. The molecule has 1 aliphatic heterocycles. The van der Waals surface area contributed by atoms with Crippen LogP contribution in [-0.4, -0.2) is 49.7 Å². The minimum atomic E-state index is -0.332. The van der Waals surface area contributed by atoms with Crippen LogP contribution >= 0.6 is 0 Å². The second kappa shape index (κ2) is 14.5. The highest BCUT2D eigenvalue weighted by molar-refractivity contribution is 6.00. The molecule has 1 fully saturated rings. The molecule has 6 rings (SSSR count). The molecule has 3 aromatic carbocycles. The highest BCUT2D eigenvalue weighted by atomic mass is 16.2. The Balaban J connectivity index is 1.03. The molecule has 0 atom stereocenters. The fourth-order valence-corrected chi connectivity index (χ4v) is 6.25. The van der Waals surface area contributed by atoms with E-state index in [0.717, 1.165) is 47.6 Å². The van der Waals surface area contributed by atoms with Crippen molar-refractivity contribution in [2.24, 2.45) is 5.92 Å². The van der Waals surface area contributed by atoms with Gasteiger partial charge in [-0.15, -0.1) is 0 Å². The van der Waals surface area contributed by atoms with Gasteiger partial charge in [-0.05, 0) is 94.0 Å². The Morgan fingerprint density at radius 2 is 1.48 bits per heavy atom. The number of rotatable bonds is 8. The second-order valence-electron chi connectivity index (χ2n) is 14.3. The van der Waals surface area contributed by atoms with Crippen LogP contribution in [0.15, 0.2) is 84.9 Å². The SMILES string of the molecule is Cc1ccc(-n2nc(C(C)(C)C)cc2NC(=O)Nc2ccc(CC3CCN(C(=O)c4ccccc4Nc4nc(C)cc(C)n4)CC3)cc2)cc1. The van der Waals surface area contributed by atoms with Crippen molar-refractivity contribution in [1.29, 1.82) is 0 Å². The molecule has 10 heteroatoms. The van der Waals surface area contributed by atoms with Crippen LogP contribution in [0.1, 0.15) is 72.2 Å². The van der Waals surface area contributed by atoms with E-state index in [1.807, 2.05) is 98.5 Å². The standard InChI is InChI=1S/C40H46N8O2/c1-26-11-17-32(18-12-26)48-36(25-35(46-48)40(4,5)6)45-39(50)43-31-15-13-29(14-16-31)24-30-19-21-47(22-20-30)37(49)33-9-7-8-10-34(33)44-38-41-27(2)23-28(3)42-38/h7-18,23,25,30H,19-22,24H2,1-6H3,(H,41,42,44)(H2,43,45,50). The van der Waals surface area contributed by atoms with Crippen molar-refractivity contribution < 1.29 is 9.59 Å². The van der Waals surface area contributed by atoms with Crippen LogP contribution in [-0.2, 0) is 11.8 Å². The molecule has 5 aromatic rings. The van der Waals surface area contributed by atoms with E-state index in [-0.39, 0.29) is 17.4 Å². The number of urea groups is 1. The number of piperidine rings is 1. The Bertz CT molecular complexity index is 1950. The van der Waals surface area contributed by atoms with Crippen LogP contribution in [0.4, 0.5) is 27.9 Å². The van der Waals surface area contributed by atoms with E-state index in [1.54, 1.807) is 4.68 Å². The quantitative estimate of drug-likeness (QED) is 0.153. The van der Waals surface area contributed by atoms with Crippen molar-refractivity contribution in [3.05, 3.63) is 119 Å². The van der Waals surface area contributed by atoms with Crippen molar-refractivity contribution in [1.82, 2.24) is 24.6 Å². The molecule has 0 radical (unpaired) electrons. The minimum Gasteiger partial charge on any atom is -0.339 e. The highest BCUT2D eigenvalue weighted by Gasteiger charge is 2.26. The molecule has 2 aromatic heterocycles. The Morgan fingerprint density at radius 1 is 0.820 bits per heavy atom. The average Bonchev–Trinajstić information content (AvgIpc) is 3.50. The Kier molecular flexibility index (Phi) is 9.99. The van der Waals surface area contributed by atoms with Crippen molar-refractivity contribution in [2.45, 2.75) is 66.2 Å². The number of aromatic nitrogens is 4. The number of nitrogens with zero attached hydrogens (tertiary/aromatic N) is 5. The molecule has 3 heterocycles. The summed E-state index contributed by atoms with van der Waals surface area (Å²) < 4.78 is 1.78. The number of nitrogens with one attached hydrogen (secondary N) is 3. The first-order valence-electron chi connectivity index (χ1n) is 17.2. The summed E-state index contributed by atoms with van der Waals surface area (Å²) in [7, 11) is 0. The molecule has 0 spiro atoms. The Hall–Kier alpha value is -5.51. The lowest BCUT2D eigenvalue weighted by molar-refractivity contribution is 0.0691. The van der Waals surface area contributed by atoms with Gasteiger partial charge >= 0.3 is 6.03 Å². The normalized spacial score (nSPS) is 13.6. The van der Waals surface area contributed by atoms with E-state index < -0.39 is 0 Å². The van der Waals surface area contributed by atoms with Gasteiger partial charge in [-0.1, -0.05) is 62.7 Å². The van der Waals surface area contributed by atoms with Gasteiger partial charge in [0.15, 0.2) is 0 Å². The van der Waals surface area contributed by atoms with Crippen LogP contribution in [0.2, 0.25) is 0 Å². The van der Waals surface area contributed by atoms with Gasteiger partial charge in [0, 0.05) is 41.6 Å². The van der Waals surface area contributed by atoms with Gasteiger partial charge < -0.3 is 15.5 Å². The number of aryl methyl sites for hydroxylation is 3. The molecule has 3 amide bonds. The van der Waals surface area contributed by atoms with E-state index >= 15 is 0 Å². The van der Waals surface area contributed by atoms with E-state index in [4.69, 9.17) is 5.10 Å². The number of hydrogen-bond acceptors (Lipinski definition) is 6. The van der Waals surface area contributed by atoms with Crippen LogP contribution in [0, 0.1) is 26.7 Å². The molecule has 1 saturated heterocycles. The van der Waals surface area contributed by atoms with Crippen molar-refractivity contribution in [3.63, 3.8) is 0 Å². The van der Waals surface area contributed by atoms with Crippen molar-refractivity contribution in [3.8, 4) is 5.69 Å². The third-order valence-electron chi connectivity index (χ3n) is 9.02. The summed E-state index contributed by atoms with van der Waals surface area (Å²) in [6, 6.07) is 27.1. The maximum Gasteiger partial charge on any atom is 0.324 e. The molecule has 0 saturated carbocycles. The zero-order chi connectivity index (χ0) is 35.4. The zero-order valence-electron chi connectivity index (χ0n) is 29.7. The number of carbonyl (C=O) groups is 2. The Labute approximate surface area is 294 Å². The summed E-state index contributed by atoms with van der Waals surface area (Å²) in [4.78, 5) is 37.6. The van der Waals surface area contributed by atoms with Gasteiger partial charge in [0.05, 0.1) is 22.6 Å². The summed E-state index contributed by atoms with van der Waals surface area (Å²) in [5.41, 5.74) is 7.73. The first-order valence-corrected chi connectivity index (χ1v) is 17.2. The van der Waals surface area contributed by atoms with Gasteiger partial charge in [0.1, 0.15) is 5.82 Å². The fraction of sp³-hybridized carbons (Fsp3) is 0.325. The summed E-state index contributed by atoms with van der Waals surface area (Å²) in [6.45, 7) is 13.6. The summed E-state index contributed by atoms with van der Waals surface area (Å²) >= 11 is 0. The van der Waals surface area contributed by atoms with E-state index in [1.165, 1.54) is 5.56 Å². The van der Waals surface area contributed by atoms with E-state index in [0.29, 0.717) is 47.7 Å². The first kappa shape index (κ1) is 34.4. The molecule has 0 bridgehead atoms. The first-order chi connectivity index (χ1) is 23.9. The maximum atomic E-state index is 13.6. The van der Waals surface area contributed by atoms with Gasteiger partial charge in [-0.3, -0.25) is 10.1 Å². The van der Waals surface area contributed by atoms with Crippen LogP contribution < -0.4 is 16.0 Å². The second-order valence-corrected chi connectivity index (χ2v) is 14.3. The third-order valence-corrected chi connectivity index (χ3v) is 9.02. The van der Waals surface area contributed by atoms with E-state index in [9.17, 15) is 9.59 Å². The predicted molar refractivity (Wildman–Crippen MR) is 200 cm³/mol. The summed E-state index contributed by atoms with van der Waals surface area (Å²) in [6.07, 6.45) is 2.77. The number of anilines is 4. The highest BCUT2D eigenvalue weighted by Crippen LogP contribution is 2.28. The van der Waals surface area contributed by atoms with Gasteiger partial charge in [0.25, 0.3) is 5.91 Å². The fourth-order valence-electron chi connectivity index (χ4n) is 6.25. The smallest absolute Gasteiger partial charge is 0.324 e. The molecule has 10 nitrogen and oxygen atoms in total. The number of hydrogen-bond donors (Lipinski definition) is 3. The third kappa shape index (κ3) is 8.37. The monoisotopic (exact) mass is 670 g/mol. The molecule has 0 aliphatic carbocycles. The zero-order valence-corrected chi connectivity index (χ0v) is 29.7. The topological polar surface area (TPSA) is 117 Å². The lowest BCUT2D eigenvalue weighted by Crippen LogP contribution is -2.39. The van der Waals surface area contributed by atoms with Crippen molar-refractivity contribution in [2.75, 3.05) is 29.0 Å². The van der Waals surface area contributed by atoms with Gasteiger partial charge in [-0.2, -0.15) is 5.10 Å². The number of para-hydroxylation sites is 1. The van der Waals surface area contributed by atoms with Crippen LogP contribution in [0.5, 0.6) is 0 Å². The number of carbonyl (C=O) groups excluding carboxylic acids is 2. The summed E-state index contributed by atoms with van der Waals surface area (Å²) in [5.74, 6) is 1.58. The lowest BCUT2D eigenvalue weighted by Gasteiger charge is -2.32. The predicted octanol–water partition coefficient (Wildman–Crippen LogP) is 8.37. The van der Waals surface area contributed by atoms with Crippen LogP contribution in [0.25, 0.3) is 5.69 Å². The lowest BCUT2D eigenvalue weighted by atomic mass is 9.90. The van der Waals surface area contributed by atoms with E-state index in [2.05, 4.69) is 58.8 Å². The molecule has 3 N–H and O–H groups in total. The van der Waals surface area contributed by atoms with Crippen molar-refractivity contribution >= 4 is 35.1 Å².